The third kappa shape index (κ3) is 5.42. The molecular formula is C29H29N5O3. The Balaban J connectivity index is 1.37. The van der Waals surface area contributed by atoms with Crippen molar-refractivity contribution in [3.63, 3.8) is 0 Å². The second kappa shape index (κ2) is 11.1. The van der Waals surface area contributed by atoms with Gasteiger partial charge in [0.25, 0.3) is 0 Å². The first kappa shape index (κ1) is 24.3. The zero-order valence-corrected chi connectivity index (χ0v) is 21.0. The molecule has 4 aromatic rings. The summed E-state index contributed by atoms with van der Waals surface area (Å²) in [5.74, 6) is 1.99. The number of nitrogens with one attached hydrogen (secondary N) is 1. The van der Waals surface area contributed by atoms with Crippen LogP contribution in [0, 0.1) is 11.3 Å². The van der Waals surface area contributed by atoms with Crippen LogP contribution in [0.2, 0.25) is 0 Å². The van der Waals surface area contributed by atoms with Crippen molar-refractivity contribution in [2.45, 2.75) is 20.0 Å². The highest BCUT2D eigenvalue weighted by Gasteiger charge is 2.17. The Bertz CT molecular complexity index is 1430. The van der Waals surface area contributed by atoms with Crippen molar-refractivity contribution in [3.8, 4) is 17.6 Å². The summed E-state index contributed by atoms with van der Waals surface area (Å²) in [7, 11) is 1.61. The Morgan fingerprint density at radius 3 is 2.54 bits per heavy atom. The molecule has 0 saturated carbocycles. The lowest BCUT2D eigenvalue weighted by molar-refractivity contribution is 0.122. The molecule has 1 fully saturated rings. The average Bonchev–Trinajstić information content (AvgIpc) is 2.96. The number of nitrogens with zero attached hydrogens (tertiary/aromatic N) is 4. The lowest BCUT2D eigenvalue weighted by atomic mass is 10.1. The van der Waals surface area contributed by atoms with Crippen molar-refractivity contribution in [2.75, 3.05) is 43.6 Å². The number of aromatic nitrogens is 2. The molecule has 0 unspecified atom stereocenters. The maximum atomic E-state index is 10.0. The summed E-state index contributed by atoms with van der Waals surface area (Å²) in [4.78, 5) is 11.5. The molecule has 0 bridgehead atoms. The van der Waals surface area contributed by atoms with E-state index < -0.39 is 0 Å². The molecule has 0 amide bonds. The monoisotopic (exact) mass is 495 g/mol. The molecule has 1 aromatic heterocycles. The predicted molar refractivity (Wildman–Crippen MR) is 144 cm³/mol. The van der Waals surface area contributed by atoms with Gasteiger partial charge in [-0.3, -0.25) is 4.98 Å². The first-order chi connectivity index (χ1) is 18.2. The number of hydrogen-bond acceptors (Lipinski definition) is 8. The molecular weight excluding hydrogens is 466 g/mol. The Morgan fingerprint density at radius 2 is 1.81 bits per heavy atom. The van der Waals surface area contributed by atoms with Gasteiger partial charge in [-0.25, -0.2) is 4.98 Å². The number of methoxy groups -OCH3 is 1. The summed E-state index contributed by atoms with van der Waals surface area (Å²) in [6.45, 7) is 5.38. The highest BCUT2D eigenvalue weighted by molar-refractivity contribution is 5.89. The molecule has 0 radical (unpaired) electrons. The highest BCUT2D eigenvalue weighted by atomic mass is 16.5. The van der Waals surface area contributed by atoms with Crippen LogP contribution in [0.15, 0.2) is 60.8 Å². The van der Waals surface area contributed by atoms with Gasteiger partial charge in [0.05, 0.1) is 37.7 Å². The van der Waals surface area contributed by atoms with E-state index >= 15 is 0 Å². The van der Waals surface area contributed by atoms with Gasteiger partial charge in [0.1, 0.15) is 29.6 Å². The zero-order chi connectivity index (χ0) is 25.6. The van der Waals surface area contributed by atoms with Crippen LogP contribution in [0.5, 0.6) is 11.5 Å². The van der Waals surface area contributed by atoms with E-state index in [4.69, 9.17) is 19.2 Å². The van der Waals surface area contributed by atoms with E-state index in [1.807, 2.05) is 30.3 Å². The van der Waals surface area contributed by atoms with E-state index in [1.54, 1.807) is 13.3 Å². The molecule has 1 saturated heterocycles. The highest BCUT2D eigenvalue weighted by Crippen LogP contribution is 2.34. The summed E-state index contributed by atoms with van der Waals surface area (Å²) in [5, 5.41) is 13.4. The minimum atomic E-state index is 0.440. The van der Waals surface area contributed by atoms with Gasteiger partial charge in [-0.05, 0) is 41.8 Å². The molecule has 5 rings (SSSR count). The number of rotatable bonds is 8. The molecule has 8 nitrogen and oxygen atoms in total. The summed E-state index contributed by atoms with van der Waals surface area (Å²) < 4.78 is 17.1. The number of benzene rings is 3. The minimum Gasteiger partial charge on any atom is -0.493 e. The Labute approximate surface area is 216 Å². The Kier molecular flexibility index (Phi) is 7.33. The summed E-state index contributed by atoms with van der Waals surface area (Å²) in [6, 6.07) is 20.1. The van der Waals surface area contributed by atoms with Gasteiger partial charge in [-0.1, -0.05) is 31.2 Å². The van der Waals surface area contributed by atoms with Crippen LogP contribution >= 0.6 is 0 Å². The molecule has 0 aliphatic carbocycles. The fourth-order valence-corrected chi connectivity index (χ4v) is 4.28. The van der Waals surface area contributed by atoms with Crippen LogP contribution in [0.1, 0.15) is 23.6 Å². The van der Waals surface area contributed by atoms with Crippen molar-refractivity contribution in [2.24, 2.45) is 0 Å². The van der Waals surface area contributed by atoms with Crippen LogP contribution < -0.4 is 19.7 Å². The average molecular weight is 496 g/mol. The number of hydrogen-bond donors (Lipinski definition) is 1. The molecule has 3 aromatic carbocycles. The van der Waals surface area contributed by atoms with E-state index in [1.165, 1.54) is 5.56 Å². The second-order valence-corrected chi connectivity index (χ2v) is 8.74. The van der Waals surface area contributed by atoms with Gasteiger partial charge >= 0.3 is 0 Å². The fraction of sp³-hybridized carbons (Fsp3) is 0.276. The van der Waals surface area contributed by atoms with Crippen molar-refractivity contribution < 1.29 is 14.2 Å². The van der Waals surface area contributed by atoms with E-state index in [0.29, 0.717) is 53.6 Å². The standard InChI is InChI=1S/C29H29N5O3/c1-3-20-4-6-21(7-5-20)19-37-26-11-8-22(16-27(26)35-2)32-24-9-10-25-29(23(24)17-30)33-28(18-31-25)34-12-14-36-15-13-34/h4-11,16,18,32H,3,12-15,19H2,1-2H3. The normalized spacial score (nSPS) is 13.3. The number of ether oxygens (including phenoxy) is 3. The molecule has 37 heavy (non-hydrogen) atoms. The summed E-state index contributed by atoms with van der Waals surface area (Å²) in [5.41, 5.74) is 5.49. The second-order valence-electron chi connectivity index (χ2n) is 8.74. The van der Waals surface area contributed by atoms with Gasteiger partial charge in [-0.2, -0.15) is 5.26 Å². The quantitative estimate of drug-likeness (QED) is 0.355. The van der Waals surface area contributed by atoms with Crippen LogP contribution in [0.3, 0.4) is 0 Å². The maximum Gasteiger partial charge on any atom is 0.162 e. The van der Waals surface area contributed by atoms with Crippen molar-refractivity contribution >= 4 is 28.2 Å². The molecule has 2 heterocycles. The van der Waals surface area contributed by atoms with Crippen molar-refractivity contribution in [1.82, 2.24) is 9.97 Å². The molecule has 1 aliphatic rings. The summed E-state index contributed by atoms with van der Waals surface area (Å²) >= 11 is 0. The van der Waals surface area contributed by atoms with Gasteiger partial charge in [0.15, 0.2) is 11.5 Å². The zero-order valence-electron chi connectivity index (χ0n) is 21.0. The van der Waals surface area contributed by atoms with Crippen molar-refractivity contribution in [1.29, 1.82) is 5.26 Å². The third-order valence-corrected chi connectivity index (χ3v) is 6.42. The fourth-order valence-electron chi connectivity index (χ4n) is 4.28. The molecule has 0 spiro atoms. The van der Waals surface area contributed by atoms with Gasteiger partial charge in [-0.15, -0.1) is 0 Å². The van der Waals surface area contributed by atoms with E-state index in [0.717, 1.165) is 36.6 Å². The first-order valence-corrected chi connectivity index (χ1v) is 12.4. The lowest BCUT2D eigenvalue weighted by Gasteiger charge is -2.27. The van der Waals surface area contributed by atoms with Crippen molar-refractivity contribution in [3.05, 3.63) is 77.5 Å². The first-order valence-electron chi connectivity index (χ1n) is 12.4. The third-order valence-electron chi connectivity index (χ3n) is 6.42. The number of nitriles is 1. The maximum absolute atomic E-state index is 10.0. The Hall–Kier alpha value is -4.35. The number of fused-ring (bicyclic) bond motifs is 1. The SMILES string of the molecule is CCc1ccc(COc2ccc(Nc3ccc4ncc(N5CCOCC5)nc4c3C#N)cc2OC)cc1. The lowest BCUT2D eigenvalue weighted by Crippen LogP contribution is -2.36. The van der Waals surface area contributed by atoms with Crippen LogP contribution in [0.4, 0.5) is 17.2 Å². The Morgan fingerprint density at radius 1 is 1.03 bits per heavy atom. The molecule has 188 valence electrons. The van der Waals surface area contributed by atoms with Gasteiger partial charge in [0, 0.05) is 24.8 Å². The van der Waals surface area contributed by atoms with E-state index in [2.05, 4.69) is 52.5 Å². The predicted octanol–water partition coefficient (Wildman–Crippen LogP) is 5.23. The van der Waals surface area contributed by atoms with E-state index in [9.17, 15) is 5.26 Å². The molecule has 8 heteroatoms. The molecule has 0 atom stereocenters. The summed E-state index contributed by atoms with van der Waals surface area (Å²) in [6.07, 6.45) is 2.76. The van der Waals surface area contributed by atoms with E-state index in [-0.39, 0.29) is 0 Å². The molecule has 1 N–H and O–H groups in total. The van der Waals surface area contributed by atoms with Crippen LogP contribution in [-0.2, 0) is 17.8 Å². The van der Waals surface area contributed by atoms with Gasteiger partial charge < -0.3 is 24.4 Å². The smallest absolute Gasteiger partial charge is 0.162 e. The number of morpholine rings is 1. The molecule has 1 aliphatic heterocycles. The topological polar surface area (TPSA) is 92.5 Å². The number of anilines is 3. The van der Waals surface area contributed by atoms with Crippen LogP contribution in [0.25, 0.3) is 11.0 Å². The number of aryl methyl sites for hydroxylation is 1. The van der Waals surface area contributed by atoms with Crippen LogP contribution in [-0.4, -0.2) is 43.4 Å². The minimum absolute atomic E-state index is 0.440. The van der Waals surface area contributed by atoms with Gasteiger partial charge in [0.2, 0.25) is 0 Å². The largest absolute Gasteiger partial charge is 0.493 e.